The van der Waals surface area contributed by atoms with Gasteiger partial charge in [-0.3, -0.25) is 4.72 Å². The Balaban J connectivity index is 1.91. The summed E-state index contributed by atoms with van der Waals surface area (Å²) in [5.41, 5.74) is 0.392. The molecule has 0 aromatic heterocycles. The Bertz CT molecular complexity index is 1420. The van der Waals surface area contributed by atoms with E-state index in [0.717, 1.165) is 18.2 Å². The van der Waals surface area contributed by atoms with Crippen LogP contribution in [0.1, 0.15) is 42.0 Å². The number of alkyl halides is 3. The van der Waals surface area contributed by atoms with Crippen molar-refractivity contribution in [3.63, 3.8) is 0 Å². The zero-order chi connectivity index (χ0) is 26.5. The van der Waals surface area contributed by atoms with Crippen LogP contribution in [0.4, 0.5) is 18.9 Å². The number of sulfonamides is 1. The van der Waals surface area contributed by atoms with Crippen molar-refractivity contribution in [2.24, 2.45) is 0 Å². The zero-order valence-corrected chi connectivity index (χ0v) is 20.1. The van der Waals surface area contributed by atoms with E-state index in [0.29, 0.717) is 16.7 Å². The Morgan fingerprint density at radius 1 is 1.06 bits per heavy atom. The summed E-state index contributed by atoms with van der Waals surface area (Å²) in [6.07, 6.45) is -4.66. The first-order chi connectivity index (χ1) is 16.9. The highest BCUT2D eigenvalue weighted by molar-refractivity contribution is 7.92. The fraction of sp³-hybridized carbons (Fsp3) is 0.192. The second-order valence-electron chi connectivity index (χ2n) is 8.05. The van der Waals surface area contributed by atoms with Crippen LogP contribution in [0, 0.1) is 11.8 Å². The number of halogens is 3. The minimum absolute atomic E-state index is 0.0175. The number of carboxylic acid groups (broad SMARTS) is 1. The first-order valence-electron chi connectivity index (χ1n) is 10.7. The monoisotopic (exact) mass is 517 g/mol. The van der Waals surface area contributed by atoms with Crippen LogP contribution in [0.2, 0.25) is 0 Å². The van der Waals surface area contributed by atoms with Gasteiger partial charge in [-0.2, -0.15) is 13.2 Å². The molecule has 3 aromatic carbocycles. The second-order valence-corrected chi connectivity index (χ2v) is 9.70. The first-order valence-corrected chi connectivity index (χ1v) is 12.1. The van der Waals surface area contributed by atoms with Crippen molar-refractivity contribution in [3.8, 4) is 17.6 Å². The number of hydrogen-bond donors (Lipinski definition) is 2. The lowest BCUT2D eigenvalue weighted by molar-refractivity contribution is -0.137. The molecule has 0 aliphatic carbocycles. The Labute approximate surface area is 206 Å². The third-order valence-corrected chi connectivity index (χ3v) is 6.49. The molecule has 0 atom stereocenters. The maximum Gasteiger partial charge on any atom is 0.416 e. The van der Waals surface area contributed by atoms with Gasteiger partial charge in [0.2, 0.25) is 0 Å². The van der Waals surface area contributed by atoms with Gasteiger partial charge in [0.25, 0.3) is 10.0 Å². The number of carboxylic acids is 1. The largest absolute Gasteiger partial charge is 0.487 e. The summed E-state index contributed by atoms with van der Waals surface area (Å²) in [5, 5.41) is 8.62. The zero-order valence-electron chi connectivity index (χ0n) is 19.3. The van der Waals surface area contributed by atoms with Crippen LogP contribution in [-0.4, -0.2) is 19.5 Å². The molecule has 2 N–H and O–H groups in total. The number of carbonyl (C=O) groups is 1. The van der Waals surface area contributed by atoms with Crippen molar-refractivity contribution in [2.45, 2.75) is 37.4 Å². The van der Waals surface area contributed by atoms with E-state index in [-0.39, 0.29) is 28.9 Å². The Kier molecular flexibility index (Phi) is 7.95. The molecule has 6 nitrogen and oxygen atoms in total. The van der Waals surface area contributed by atoms with E-state index in [4.69, 9.17) is 9.84 Å². The summed E-state index contributed by atoms with van der Waals surface area (Å²) >= 11 is 0. The van der Waals surface area contributed by atoms with Gasteiger partial charge in [-0.15, -0.1) is 0 Å². The topological polar surface area (TPSA) is 92.7 Å². The highest BCUT2D eigenvalue weighted by Gasteiger charge is 2.32. The molecule has 0 heterocycles. The molecule has 0 saturated carbocycles. The predicted molar refractivity (Wildman–Crippen MR) is 128 cm³/mol. The maximum absolute atomic E-state index is 13.3. The Morgan fingerprint density at radius 3 is 2.33 bits per heavy atom. The summed E-state index contributed by atoms with van der Waals surface area (Å²) in [7, 11) is -4.14. The van der Waals surface area contributed by atoms with E-state index in [1.54, 1.807) is 30.3 Å². The van der Waals surface area contributed by atoms with Crippen LogP contribution in [0.15, 0.2) is 71.6 Å². The van der Waals surface area contributed by atoms with Crippen LogP contribution in [0.3, 0.4) is 0 Å². The molecule has 0 radical (unpaired) electrons. The summed E-state index contributed by atoms with van der Waals surface area (Å²) in [5.74, 6) is 2.73. The molecule has 0 aliphatic rings. The van der Waals surface area contributed by atoms with Gasteiger partial charge in [0, 0.05) is 11.5 Å². The fourth-order valence-electron chi connectivity index (χ4n) is 3.28. The van der Waals surface area contributed by atoms with Crippen molar-refractivity contribution in [3.05, 3.63) is 89.0 Å². The third-order valence-electron chi connectivity index (χ3n) is 5.05. The number of ether oxygens (including phenoxy) is 1. The predicted octanol–water partition coefficient (Wildman–Crippen LogP) is 5.64. The van der Waals surface area contributed by atoms with Crippen molar-refractivity contribution >= 4 is 21.7 Å². The van der Waals surface area contributed by atoms with Crippen molar-refractivity contribution < 1.29 is 36.2 Å². The lowest BCUT2D eigenvalue weighted by Crippen LogP contribution is -2.17. The van der Waals surface area contributed by atoms with Crippen LogP contribution in [0.25, 0.3) is 0 Å². The second kappa shape index (κ2) is 10.7. The number of rotatable bonds is 7. The minimum Gasteiger partial charge on any atom is -0.487 e. The summed E-state index contributed by atoms with van der Waals surface area (Å²) in [6.45, 7) is 3.49. The van der Waals surface area contributed by atoms with Gasteiger partial charge in [-0.05, 0) is 53.4 Å². The van der Waals surface area contributed by atoms with Gasteiger partial charge in [0.15, 0.2) is 0 Å². The highest BCUT2D eigenvalue weighted by atomic mass is 32.2. The molecule has 0 amide bonds. The molecule has 0 spiro atoms. The van der Waals surface area contributed by atoms with Crippen LogP contribution < -0.4 is 9.46 Å². The Hall–Kier alpha value is -3.97. The summed E-state index contributed by atoms with van der Waals surface area (Å²) in [6, 6.07) is 15.1. The molecule has 188 valence electrons. The van der Waals surface area contributed by atoms with Crippen LogP contribution >= 0.6 is 0 Å². The molecule has 0 unspecified atom stereocenters. The molecule has 3 aromatic rings. The molecule has 36 heavy (non-hydrogen) atoms. The molecule has 0 fully saturated rings. The van der Waals surface area contributed by atoms with Crippen molar-refractivity contribution in [1.82, 2.24) is 0 Å². The quantitative estimate of drug-likeness (QED) is 0.396. The molecular formula is C26H22F3NO5S. The number of hydrogen-bond acceptors (Lipinski definition) is 4. The third kappa shape index (κ3) is 6.79. The minimum atomic E-state index is -4.66. The summed E-state index contributed by atoms with van der Waals surface area (Å²) in [4.78, 5) is 10.6. The van der Waals surface area contributed by atoms with Gasteiger partial charge in [0.05, 0.1) is 16.1 Å². The van der Waals surface area contributed by atoms with Crippen molar-refractivity contribution in [2.75, 3.05) is 4.72 Å². The number of benzene rings is 3. The average Bonchev–Trinajstić information content (AvgIpc) is 2.81. The van der Waals surface area contributed by atoms with Gasteiger partial charge in [-0.25, -0.2) is 13.2 Å². The lowest BCUT2D eigenvalue weighted by Gasteiger charge is -2.18. The summed E-state index contributed by atoms with van der Waals surface area (Å²) < 4.78 is 74.2. The van der Waals surface area contributed by atoms with E-state index in [9.17, 15) is 26.4 Å². The SMILES string of the molecule is CC(C)c1ccccc1S(=O)(=O)Nc1ccc(C(F)(F)F)cc1OCc1ccc(C#CC(=O)O)cc1. The van der Waals surface area contributed by atoms with Crippen molar-refractivity contribution in [1.29, 1.82) is 0 Å². The van der Waals surface area contributed by atoms with E-state index in [1.165, 1.54) is 18.2 Å². The van der Waals surface area contributed by atoms with E-state index in [1.807, 2.05) is 19.8 Å². The normalized spacial score (nSPS) is 11.5. The molecule has 0 aliphatic heterocycles. The van der Waals surface area contributed by atoms with Gasteiger partial charge in [0.1, 0.15) is 12.4 Å². The van der Waals surface area contributed by atoms with Crippen LogP contribution in [-0.2, 0) is 27.6 Å². The van der Waals surface area contributed by atoms with E-state index < -0.39 is 27.7 Å². The average molecular weight is 518 g/mol. The standard InChI is InChI=1S/C26H22F3NO5S/c1-17(2)21-5-3-4-6-24(21)36(33,34)30-22-13-12-20(26(27,28)29)15-23(22)35-16-19-9-7-18(8-10-19)11-14-25(31)32/h3-10,12-13,15,17,30H,16H2,1-2H3,(H,31,32). The van der Waals surface area contributed by atoms with Crippen LogP contribution in [0.5, 0.6) is 5.75 Å². The van der Waals surface area contributed by atoms with E-state index in [2.05, 4.69) is 10.6 Å². The fourth-order valence-corrected chi connectivity index (χ4v) is 4.72. The molecule has 10 heteroatoms. The lowest BCUT2D eigenvalue weighted by atomic mass is 10.0. The van der Waals surface area contributed by atoms with Gasteiger partial charge in [-0.1, -0.05) is 50.1 Å². The molecule has 0 bridgehead atoms. The first kappa shape index (κ1) is 26.6. The molecule has 0 saturated heterocycles. The Morgan fingerprint density at radius 2 is 1.72 bits per heavy atom. The maximum atomic E-state index is 13.3. The number of anilines is 1. The van der Waals surface area contributed by atoms with E-state index >= 15 is 0 Å². The number of nitrogens with one attached hydrogen (secondary N) is 1. The van der Waals surface area contributed by atoms with Gasteiger partial charge >= 0.3 is 12.1 Å². The highest BCUT2D eigenvalue weighted by Crippen LogP contribution is 2.37. The van der Waals surface area contributed by atoms with Gasteiger partial charge < -0.3 is 9.84 Å². The molecule has 3 rings (SSSR count). The number of aliphatic carboxylic acids is 1. The molecular weight excluding hydrogens is 495 g/mol. The smallest absolute Gasteiger partial charge is 0.416 e.